The summed E-state index contributed by atoms with van der Waals surface area (Å²) in [5, 5.41) is 0. The van der Waals surface area contributed by atoms with Gasteiger partial charge in [0.15, 0.2) is 6.10 Å². The topological polar surface area (TPSA) is 78.9 Å². The molecule has 1 unspecified atom stereocenters. The van der Waals surface area contributed by atoms with E-state index < -0.39 is 6.10 Å². The summed E-state index contributed by atoms with van der Waals surface area (Å²) >= 11 is 0. The SMILES string of the molecule is CC/C=C\C/C=C\C/C=C\C/C=C\C/C=C\C/C=C\CCCCCCCCC(=O)OCC(COC(=O)CCCC/C=C\C/C=C\C/C=C\C/C=C\CC)OC(=O)CCCCCCC/C=C\CCCCCCCCC. The fourth-order valence-electron chi connectivity index (χ4n) is 7.90. The van der Waals surface area contributed by atoms with E-state index in [0.717, 1.165) is 148 Å². The van der Waals surface area contributed by atoms with Gasteiger partial charge in [-0.2, -0.15) is 0 Å². The van der Waals surface area contributed by atoms with Gasteiger partial charge in [-0.3, -0.25) is 14.4 Å². The van der Waals surface area contributed by atoms with Gasteiger partial charge >= 0.3 is 17.9 Å². The third kappa shape index (κ3) is 58.4. The van der Waals surface area contributed by atoms with E-state index in [9.17, 15) is 14.4 Å². The number of allylic oxidation sites excluding steroid dienone is 22. The number of carbonyl (C=O) groups is 3. The average molecular weight is 1020 g/mol. The first-order chi connectivity index (χ1) is 36.5. The van der Waals surface area contributed by atoms with Crippen LogP contribution in [0.2, 0.25) is 0 Å². The molecule has 0 amide bonds. The monoisotopic (exact) mass is 1020 g/mol. The minimum absolute atomic E-state index is 0.106. The van der Waals surface area contributed by atoms with Crippen LogP contribution in [0.15, 0.2) is 134 Å². The molecular formula is C68H110O6. The summed E-state index contributed by atoms with van der Waals surface area (Å²) in [6, 6.07) is 0. The Hall–Kier alpha value is -4.45. The predicted octanol–water partition coefficient (Wildman–Crippen LogP) is 20.6. The third-order valence-corrected chi connectivity index (χ3v) is 12.4. The maximum Gasteiger partial charge on any atom is 0.306 e. The van der Waals surface area contributed by atoms with Crippen LogP contribution in [0.1, 0.15) is 258 Å². The molecule has 0 aromatic rings. The van der Waals surface area contributed by atoms with Crippen molar-refractivity contribution >= 4 is 17.9 Å². The van der Waals surface area contributed by atoms with Crippen LogP contribution in [-0.2, 0) is 28.6 Å². The largest absolute Gasteiger partial charge is 0.462 e. The number of hydrogen-bond donors (Lipinski definition) is 0. The first-order valence-corrected chi connectivity index (χ1v) is 30.2. The second kappa shape index (κ2) is 61.1. The Labute approximate surface area is 455 Å². The highest BCUT2D eigenvalue weighted by Gasteiger charge is 2.19. The van der Waals surface area contributed by atoms with Crippen LogP contribution in [0.25, 0.3) is 0 Å². The molecule has 6 nitrogen and oxygen atoms in total. The highest BCUT2D eigenvalue weighted by Crippen LogP contribution is 2.14. The zero-order valence-electron chi connectivity index (χ0n) is 47.8. The summed E-state index contributed by atoms with van der Waals surface area (Å²) in [5.41, 5.74) is 0. The third-order valence-electron chi connectivity index (χ3n) is 12.4. The van der Waals surface area contributed by atoms with Crippen LogP contribution >= 0.6 is 0 Å². The molecule has 1 atom stereocenters. The van der Waals surface area contributed by atoms with Crippen molar-refractivity contribution in [3.63, 3.8) is 0 Å². The first kappa shape index (κ1) is 69.5. The van der Waals surface area contributed by atoms with Gasteiger partial charge in [-0.25, -0.2) is 0 Å². The number of ether oxygens (including phenoxy) is 3. The van der Waals surface area contributed by atoms with Crippen molar-refractivity contribution < 1.29 is 28.6 Å². The number of carbonyl (C=O) groups excluding carboxylic acids is 3. The van der Waals surface area contributed by atoms with E-state index in [1.165, 1.54) is 70.6 Å². The van der Waals surface area contributed by atoms with Gasteiger partial charge in [-0.05, 0) is 135 Å². The summed E-state index contributed by atoms with van der Waals surface area (Å²) in [7, 11) is 0. The van der Waals surface area contributed by atoms with Gasteiger partial charge in [0.2, 0.25) is 0 Å². The van der Waals surface area contributed by atoms with E-state index in [2.05, 4.69) is 154 Å². The number of rotatable bonds is 53. The first-order valence-electron chi connectivity index (χ1n) is 30.2. The molecule has 74 heavy (non-hydrogen) atoms. The Morgan fingerprint density at radius 3 is 0.865 bits per heavy atom. The van der Waals surface area contributed by atoms with E-state index >= 15 is 0 Å². The van der Waals surface area contributed by atoms with Crippen molar-refractivity contribution in [2.24, 2.45) is 0 Å². The molecule has 0 N–H and O–H groups in total. The fourth-order valence-corrected chi connectivity index (χ4v) is 7.90. The molecule has 0 heterocycles. The molecular weight excluding hydrogens is 913 g/mol. The van der Waals surface area contributed by atoms with Crippen LogP contribution in [-0.4, -0.2) is 37.2 Å². The molecule has 0 fully saturated rings. The summed E-state index contributed by atoms with van der Waals surface area (Å²) < 4.78 is 16.8. The molecule has 0 bridgehead atoms. The minimum Gasteiger partial charge on any atom is -0.462 e. The van der Waals surface area contributed by atoms with Crippen molar-refractivity contribution in [3.8, 4) is 0 Å². The van der Waals surface area contributed by atoms with Gasteiger partial charge in [0, 0.05) is 19.3 Å². The molecule has 418 valence electrons. The van der Waals surface area contributed by atoms with Crippen LogP contribution in [0.5, 0.6) is 0 Å². The zero-order valence-corrected chi connectivity index (χ0v) is 47.8. The van der Waals surface area contributed by atoms with Gasteiger partial charge in [0.05, 0.1) is 0 Å². The van der Waals surface area contributed by atoms with E-state index in [-0.39, 0.29) is 31.1 Å². The Morgan fingerprint density at radius 2 is 0.527 bits per heavy atom. The van der Waals surface area contributed by atoms with Crippen molar-refractivity contribution in [1.82, 2.24) is 0 Å². The lowest BCUT2D eigenvalue weighted by atomic mass is 10.1. The van der Waals surface area contributed by atoms with Crippen molar-refractivity contribution in [2.45, 2.75) is 264 Å². The van der Waals surface area contributed by atoms with Crippen molar-refractivity contribution in [3.05, 3.63) is 134 Å². The second-order valence-electron chi connectivity index (χ2n) is 19.5. The molecule has 0 aliphatic heterocycles. The number of hydrogen-bond acceptors (Lipinski definition) is 6. The standard InChI is InChI=1S/C68H110O6/c1-4-7-10-13-16-19-22-25-28-30-31-32-33-34-35-36-37-38-41-43-46-49-52-55-58-61-67(70)73-64-65(63-72-66(69)60-57-54-51-48-45-42-39-27-24-21-18-15-12-9-6-3)74-68(71)62-59-56-53-50-47-44-40-29-26-23-20-17-14-11-8-5-2/h7,9-10,12,16,18-19,21,25,27-29,31-32,34-35,37-40,45,48,65H,4-6,8,11,13-15,17,20,22-24,26,30,33,36,41-44,46-47,49-64H2,1-3H3/b10-7-,12-9-,19-16-,21-18-,28-25-,32-31-,35-34-,38-37-,39-27-,40-29-,48-45-. The molecule has 0 aromatic carbocycles. The normalized spacial score (nSPS) is 13.1. The minimum atomic E-state index is -0.811. The van der Waals surface area contributed by atoms with E-state index in [4.69, 9.17) is 14.2 Å². The van der Waals surface area contributed by atoms with Crippen molar-refractivity contribution in [2.75, 3.05) is 13.2 Å². The van der Waals surface area contributed by atoms with Gasteiger partial charge in [0.1, 0.15) is 13.2 Å². The van der Waals surface area contributed by atoms with Crippen LogP contribution in [0.4, 0.5) is 0 Å². The Morgan fingerprint density at radius 1 is 0.284 bits per heavy atom. The van der Waals surface area contributed by atoms with Crippen molar-refractivity contribution in [1.29, 1.82) is 0 Å². The zero-order chi connectivity index (χ0) is 53.6. The summed E-state index contributed by atoms with van der Waals surface area (Å²) in [6.45, 7) is 6.35. The second-order valence-corrected chi connectivity index (χ2v) is 19.5. The number of unbranched alkanes of at least 4 members (excludes halogenated alkanes) is 20. The molecule has 0 aliphatic rings. The highest BCUT2D eigenvalue weighted by atomic mass is 16.6. The molecule has 0 saturated carbocycles. The molecule has 0 saturated heterocycles. The van der Waals surface area contributed by atoms with E-state index in [1.54, 1.807) is 0 Å². The average Bonchev–Trinajstić information content (AvgIpc) is 3.40. The summed E-state index contributed by atoms with van der Waals surface area (Å²) in [6.07, 6.45) is 85.9. The van der Waals surface area contributed by atoms with Crippen LogP contribution in [0, 0.1) is 0 Å². The maximum atomic E-state index is 12.9. The summed E-state index contributed by atoms with van der Waals surface area (Å²) in [5.74, 6) is -0.972. The quantitative estimate of drug-likeness (QED) is 0.0261. The summed E-state index contributed by atoms with van der Waals surface area (Å²) in [4.78, 5) is 38.2. The molecule has 0 aromatic heterocycles. The highest BCUT2D eigenvalue weighted by molar-refractivity contribution is 5.71. The molecule has 0 radical (unpaired) electrons. The molecule has 0 aliphatic carbocycles. The van der Waals surface area contributed by atoms with E-state index in [1.807, 2.05) is 0 Å². The van der Waals surface area contributed by atoms with E-state index in [0.29, 0.717) is 19.3 Å². The van der Waals surface area contributed by atoms with Crippen LogP contribution in [0.3, 0.4) is 0 Å². The van der Waals surface area contributed by atoms with Gasteiger partial charge in [-0.15, -0.1) is 0 Å². The predicted molar refractivity (Wildman–Crippen MR) is 320 cm³/mol. The molecule has 0 rings (SSSR count). The Kier molecular flexibility index (Phi) is 57.4. The van der Waals surface area contributed by atoms with Gasteiger partial charge in [-0.1, -0.05) is 238 Å². The van der Waals surface area contributed by atoms with Gasteiger partial charge < -0.3 is 14.2 Å². The lowest BCUT2D eigenvalue weighted by Crippen LogP contribution is -2.30. The Bertz CT molecular complexity index is 1600. The number of esters is 3. The smallest absolute Gasteiger partial charge is 0.306 e. The molecule has 6 heteroatoms. The Balaban J connectivity index is 4.46. The fraction of sp³-hybridized carbons (Fsp3) is 0.632. The molecule has 0 spiro atoms. The van der Waals surface area contributed by atoms with Crippen LogP contribution < -0.4 is 0 Å². The maximum absolute atomic E-state index is 12.9. The lowest BCUT2D eigenvalue weighted by molar-refractivity contribution is -0.167. The lowest BCUT2D eigenvalue weighted by Gasteiger charge is -2.18. The van der Waals surface area contributed by atoms with Gasteiger partial charge in [0.25, 0.3) is 0 Å².